The molecule has 1 aromatic heterocycles. The zero-order chi connectivity index (χ0) is 15.8. The van der Waals surface area contributed by atoms with Gasteiger partial charge in [-0.1, -0.05) is 0 Å². The van der Waals surface area contributed by atoms with E-state index in [0.717, 1.165) is 5.01 Å². The molecule has 8 heteroatoms. The van der Waals surface area contributed by atoms with Crippen molar-refractivity contribution in [1.29, 1.82) is 0 Å². The number of ether oxygens (including phenoxy) is 1. The van der Waals surface area contributed by atoms with E-state index in [1.54, 1.807) is 26.6 Å². The van der Waals surface area contributed by atoms with Gasteiger partial charge in [0.2, 0.25) is 5.91 Å². The zero-order valence-corrected chi connectivity index (χ0v) is 13.5. The minimum absolute atomic E-state index is 0.0128. The van der Waals surface area contributed by atoms with E-state index in [-0.39, 0.29) is 18.4 Å². The fourth-order valence-corrected chi connectivity index (χ4v) is 2.36. The number of carbonyl (C=O) groups excluding carboxylic acids is 2. The summed E-state index contributed by atoms with van der Waals surface area (Å²) in [5.41, 5.74) is 5.83. The molecular formula is C13H22N4O3S. The van der Waals surface area contributed by atoms with Crippen LogP contribution < -0.4 is 5.73 Å². The third kappa shape index (κ3) is 5.41. The van der Waals surface area contributed by atoms with Crippen LogP contribution in [0.3, 0.4) is 0 Å². The predicted octanol–water partition coefficient (Wildman–Crippen LogP) is -0.179. The number of thiazole rings is 1. The standard InChI is InChI=1S/C13H22N4O3S/c1-16(2)12(18)8-17(6-7-20-3)13(19)10-9-21-11(15-10)4-5-14/h9H,4-8,14H2,1-3H3. The fraction of sp³-hybridized carbons (Fsp3) is 0.615. The monoisotopic (exact) mass is 314 g/mol. The Hall–Kier alpha value is -1.51. The summed E-state index contributed by atoms with van der Waals surface area (Å²) in [6.45, 7) is 1.22. The van der Waals surface area contributed by atoms with Crippen molar-refractivity contribution in [2.45, 2.75) is 6.42 Å². The van der Waals surface area contributed by atoms with E-state index < -0.39 is 0 Å². The first-order valence-corrected chi connectivity index (χ1v) is 7.50. The van der Waals surface area contributed by atoms with Crippen LogP contribution in [0.5, 0.6) is 0 Å². The third-order valence-corrected chi connectivity index (χ3v) is 3.72. The molecule has 0 aliphatic heterocycles. The van der Waals surface area contributed by atoms with E-state index in [1.807, 2.05) is 0 Å². The molecule has 1 heterocycles. The van der Waals surface area contributed by atoms with Crippen LogP contribution >= 0.6 is 11.3 Å². The molecule has 0 aliphatic carbocycles. The summed E-state index contributed by atoms with van der Waals surface area (Å²) in [6.07, 6.45) is 0.645. The Labute approximate surface area is 128 Å². The quantitative estimate of drug-likeness (QED) is 0.719. The summed E-state index contributed by atoms with van der Waals surface area (Å²) >= 11 is 1.40. The van der Waals surface area contributed by atoms with Gasteiger partial charge < -0.3 is 20.3 Å². The predicted molar refractivity (Wildman–Crippen MR) is 81.3 cm³/mol. The van der Waals surface area contributed by atoms with Crippen molar-refractivity contribution >= 4 is 23.2 Å². The summed E-state index contributed by atoms with van der Waals surface area (Å²) in [5.74, 6) is -0.404. The molecule has 0 spiro atoms. The van der Waals surface area contributed by atoms with Gasteiger partial charge in [-0.15, -0.1) is 11.3 Å². The number of hydrogen-bond acceptors (Lipinski definition) is 6. The molecule has 1 aromatic rings. The summed E-state index contributed by atoms with van der Waals surface area (Å²) in [7, 11) is 4.87. The minimum atomic E-state index is -0.262. The van der Waals surface area contributed by atoms with Crippen LogP contribution in [0.2, 0.25) is 0 Å². The van der Waals surface area contributed by atoms with Gasteiger partial charge in [-0.05, 0) is 6.54 Å². The van der Waals surface area contributed by atoms with Gasteiger partial charge in [0.25, 0.3) is 5.91 Å². The summed E-state index contributed by atoms with van der Waals surface area (Å²) in [4.78, 5) is 31.4. The van der Waals surface area contributed by atoms with E-state index >= 15 is 0 Å². The molecule has 0 radical (unpaired) electrons. The number of aromatic nitrogens is 1. The van der Waals surface area contributed by atoms with E-state index in [2.05, 4.69) is 4.98 Å². The first-order chi connectivity index (χ1) is 9.99. The van der Waals surface area contributed by atoms with E-state index in [0.29, 0.717) is 31.8 Å². The first kappa shape index (κ1) is 17.5. The van der Waals surface area contributed by atoms with Gasteiger partial charge in [-0.25, -0.2) is 4.98 Å². The molecule has 118 valence electrons. The van der Waals surface area contributed by atoms with Crippen molar-refractivity contribution in [2.24, 2.45) is 5.73 Å². The van der Waals surface area contributed by atoms with Gasteiger partial charge >= 0.3 is 0 Å². The first-order valence-electron chi connectivity index (χ1n) is 6.62. The fourth-order valence-electron chi connectivity index (χ4n) is 1.57. The van der Waals surface area contributed by atoms with Crippen LogP contribution in [0.1, 0.15) is 15.5 Å². The lowest BCUT2D eigenvalue weighted by Crippen LogP contribution is -2.42. The highest BCUT2D eigenvalue weighted by molar-refractivity contribution is 7.09. The van der Waals surface area contributed by atoms with Crippen molar-refractivity contribution in [3.63, 3.8) is 0 Å². The normalized spacial score (nSPS) is 10.5. The van der Waals surface area contributed by atoms with Gasteiger partial charge in [0.15, 0.2) is 0 Å². The Bertz CT molecular complexity index is 476. The second kappa shape index (κ2) is 8.71. The Balaban J connectivity index is 2.79. The molecule has 1 rings (SSSR count). The Morgan fingerprint density at radius 3 is 2.71 bits per heavy atom. The van der Waals surface area contributed by atoms with Crippen LogP contribution in [0, 0.1) is 0 Å². The van der Waals surface area contributed by atoms with Crippen molar-refractivity contribution < 1.29 is 14.3 Å². The maximum Gasteiger partial charge on any atom is 0.273 e. The third-order valence-electron chi connectivity index (χ3n) is 2.81. The molecule has 0 fully saturated rings. The maximum absolute atomic E-state index is 12.4. The molecule has 7 nitrogen and oxygen atoms in total. The SMILES string of the molecule is COCCN(CC(=O)N(C)C)C(=O)c1csc(CCN)n1. The number of amides is 2. The van der Waals surface area contributed by atoms with E-state index in [9.17, 15) is 9.59 Å². The molecule has 0 aliphatic rings. The number of nitrogens with zero attached hydrogens (tertiary/aromatic N) is 3. The van der Waals surface area contributed by atoms with Gasteiger partial charge in [0.1, 0.15) is 12.2 Å². The summed E-state index contributed by atoms with van der Waals surface area (Å²) in [6, 6.07) is 0. The Morgan fingerprint density at radius 1 is 1.43 bits per heavy atom. The van der Waals surface area contributed by atoms with Crippen molar-refractivity contribution in [1.82, 2.24) is 14.8 Å². The maximum atomic E-state index is 12.4. The molecular weight excluding hydrogens is 292 g/mol. The van der Waals surface area contributed by atoms with Gasteiger partial charge in [-0.2, -0.15) is 0 Å². The van der Waals surface area contributed by atoms with Crippen LogP contribution in [0.15, 0.2) is 5.38 Å². The van der Waals surface area contributed by atoms with Crippen molar-refractivity contribution in [3.8, 4) is 0 Å². The molecule has 21 heavy (non-hydrogen) atoms. The average molecular weight is 314 g/mol. The van der Waals surface area contributed by atoms with Gasteiger partial charge in [0.05, 0.1) is 11.6 Å². The Morgan fingerprint density at radius 2 is 2.14 bits per heavy atom. The highest BCUT2D eigenvalue weighted by Crippen LogP contribution is 2.12. The van der Waals surface area contributed by atoms with Gasteiger partial charge in [-0.3, -0.25) is 9.59 Å². The number of likely N-dealkylation sites (N-methyl/N-ethyl adjacent to an activating group) is 1. The van der Waals surface area contributed by atoms with Gasteiger partial charge in [0, 0.05) is 39.6 Å². The van der Waals surface area contributed by atoms with Crippen LogP contribution in [-0.2, 0) is 16.0 Å². The molecule has 0 atom stereocenters. The minimum Gasteiger partial charge on any atom is -0.383 e. The lowest BCUT2D eigenvalue weighted by atomic mass is 10.3. The van der Waals surface area contributed by atoms with Crippen molar-refractivity contribution in [2.75, 3.05) is 47.4 Å². The number of rotatable bonds is 8. The van der Waals surface area contributed by atoms with Crippen LogP contribution in [0.4, 0.5) is 0 Å². The molecule has 2 N–H and O–H groups in total. The van der Waals surface area contributed by atoms with Crippen molar-refractivity contribution in [3.05, 3.63) is 16.1 Å². The summed E-state index contributed by atoms with van der Waals surface area (Å²) < 4.78 is 4.99. The summed E-state index contributed by atoms with van der Waals surface area (Å²) in [5, 5.41) is 2.53. The molecule has 2 amide bonds. The molecule has 0 saturated heterocycles. The smallest absolute Gasteiger partial charge is 0.273 e. The van der Waals surface area contributed by atoms with Crippen LogP contribution in [0.25, 0.3) is 0 Å². The highest BCUT2D eigenvalue weighted by Gasteiger charge is 2.21. The van der Waals surface area contributed by atoms with E-state index in [1.165, 1.54) is 21.1 Å². The molecule has 0 saturated carbocycles. The number of hydrogen-bond donors (Lipinski definition) is 1. The molecule has 0 aromatic carbocycles. The number of carbonyl (C=O) groups is 2. The lowest BCUT2D eigenvalue weighted by Gasteiger charge is -2.22. The van der Waals surface area contributed by atoms with E-state index in [4.69, 9.17) is 10.5 Å². The highest BCUT2D eigenvalue weighted by atomic mass is 32.1. The number of nitrogens with two attached hydrogens (primary N) is 1. The lowest BCUT2D eigenvalue weighted by molar-refractivity contribution is -0.129. The molecule has 0 bridgehead atoms. The average Bonchev–Trinajstić information content (AvgIpc) is 2.91. The Kier molecular flexibility index (Phi) is 7.27. The topological polar surface area (TPSA) is 88.8 Å². The zero-order valence-electron chi connectivity index (χ0n) is 12.7. The largest absolute Gasteiger partial charge is 0.383 e. The second-order valence-corrected chi connectivity index (χ2v) is 5.62. The van der Waals surface area contributed by atoms with Crippen LogP contribution in [-0.4, -0.2) is 74.0 Å². The number of methoxy groups -OCH3 is 1. The second-order valence-electron chi connectivity index (χ2n) is 4.67. The molecule has 0 unspecified atom stereocenters.